The molecule has 7 aromatic rings. The molecule has 168 valence electrons. The molecule has 0 amide bonds. The van der Waals surface area contributed by atoms with Crippen molar-refractivity contribution in [2.24, 2.45) is 0 Å². The normalized spacial score (nSPS) is 11.4. The quantitative estimate of drug-likeness (QED) is 0.224. The molecule has 6 aromatic heterocycles. The van der Waals surface area contributed by atoms with Gasteiger partial charge in [-0.15, -0.1) is 45.3 Å². The summed E-state index contributed by atoms with van der Waals surface area (Å²) in [4.78, 5) is 16.4. The van der Waals surface area contributed by atoms with Gasteiger partial charge in [-0.3, -0.25) is 0 Å². The first-order valence-corrected chi connectivity index (χ1v) is 14.5. The van der Waals surface area contributed by atoms with Gasteiger partial charge in [-0.05, 0) is 71.4 Å². The van der Waals surface area contributed by atoms with Crippen LogP contribution in [0.2, 0.25) is 0 Å². The second-order valence-corrected chi connectivity index (χ2v) is 12.1. The summed E-state index contributed by atoms with van der Waals surface area (Å²) in [5.74, 6) is 0.819. The smallest absolute Gasteiger partial charge is 0.237 e. The molecular weight excluding hydrogens is 507 g/mol. The van der Waals surface area contributed by atoms with E-state index in [1.54, 1.807) is 22.7 Å². The molecule has 0 aliphatic carbocycles. The van der Waals surface area contributed by atoms with Gasteiger partial charge in [0.1, 0.15) is 0 Å². The monoisotopic (exact) mass is 524 g/mol. The fraction of sp³-hybridized carbons (Fsp3) is 0. The lowest BCUT2D eigenvalue weighted by molar-refractivity contribution is -0.603. The van der Waals surface area contributed by atoms with Crippen molar-refractivity contribution in [3.05, 3.63) is 102 Å². The molecule has 0 aliphatic heterocycles. The minimum Gasteiger partial charge on any atom is -0.237 e. The third kappa shape index (κ3) is 3.77. The van der Waals surface area contributed by atoms with E-state index in [4.69, 9.17) is 4.98 Å². The van der Waals surface area contributed by atoms with E-state index in [1.807, 2.05) is 57.8 Å². The van der Waals surface area contributed by atoms with E-state index in [0.717, 1.165) is 22.5 Å². The Balaban J connectivity index is 1.40. The van der Waals surface area contributed by atoms with Gasteiger partial charge in [-0.25, -0.2) is 9.55 Å². The van der Waals surface area contributed by atoms with Crippen LogP contribution in [0.3, 0.4) is 0 Å². The van der Waals surface area contributed by atoms with E-state index < -0.39 is 0 Å². The molecule has 0 bridgehead atoms. The number of nitrogens with one attached hydrogen (secondary N) is 1. The highest BCUT2D eigenvalue weighted by Crippen LogP contribution is 2.43. The Morgan fingerprint density at radius 3 is 1.80 bits per heavy atom. The zero-order valence-corrected chi connectivity index (χ0v) is 21.6. The maximum absolute atomic E-state index is 5.10. The highest BCUT2D eigenvalue weighted by atomic mass is 32.1. The summed E-state index contributed by atoms with van der Waals surface area (Å²) in [6.45, 7) is 0. The SMILES string of the molecule is c1cc[n+](-c2nc3c(-c4ccc(-c5cccs5)s4)ccc(-c4ccc(-c5cccs5)s4)c3[nH]2)cc1. The number of hydrogen-bond acceptors (Lipinski definition) is 5. The summed E-state index contributed by atoms with van der Waals surface area (Å²) in [6, 6.07) is 28.0. The van der Waals surface area contributed by atoms with E-state index in [1.165, 1.54) is 34.8 Å². The number of thiophene rings is 4. The fourth-order valence-corrected chi connectivity index (χ4v) is 7.95. The van der Waals surface area contributed by atoms with Crippen LogP contribution >= 0.6 is 45.3 Å². The number of hydrogen-bond donors (Lipinski definition) is 1. The van der Waals surface area contributed by atoms with Crippen LogP contribution in [-0.4, -0.2) is 9.97 Å². The molecule has 1 N–H and O–H groups in total. The van der Waals surface area contributed by atoms with Crippen LogP contribution in [-0.2, 0) is 0 Å². The molecule has 7 rings (SSSR count). The average molecular weight is 525 g/mol. The van der Waals surface area contributed by atoms with Crippen molar-refractivity contribution >= 4 is 56.4 Å². The molecule has 0 saturated carbocycles. The summed E-state index contributed by atoms with van der Waals surface area (Å²) in [7, 11) is 0. The summed E-state index contributed by atoms with van der Waals surface area (Å²) >= 11 is 7.21. The molecule has 0 spiro atoms. The van der Waals surface area contributed by atoms with Crippen LogP contribution in [0.1, 0.15) is 0 Å². The maximum atomic E-state index is 5.10. The van der Waals surface area contributed by atoms with Gasteiger partial charge < -0.3 is 0 Å². The Labute approximate surface area is 218 Å². The van der Waals surface area contributed by atoms with E-state index in [9.17, 15) is 0 Å². The number of rotatable bonds is 5. The lowest BCUT2D eigenvalue weighted by Crippen LogP contribution is -2.30. The fourth-order valence-electron chi connectivity index (χ4n) is 4.21. The molecule has 0 fully saturated rings. The Hall–Kier alpha value is -3.36. The van der Waals surface area contributed by atoms with Crippen LogP contribution in [0.5, 0.6) is 0 Å². The van der Waals surface area contributed by atoms with Gasteiger partial charge in [0, 0.05) is 40.4 Å². The molecular formula is C28H18N3S4+. The molecule has 0 unspecified atom stereocenters. The highest BCUT2D eigenvalue weighted by molar-refractivity contribution is 7.24. The number of fused-ring (bicyclic) bond motifs is 1. The molecule has 0 radical (unpaired) electrons. The second kappa shape index (κ2) is 8.70. The van der Waals surface area contributed by atoms with Crippen LogP contribution in [0.4, 0.5) is 0 Å². The second-order valence-electron chi connectivity index (χ2n) is 8.01. The minimum atomic E-state index is 0.819. The van der Waals surface area contributed by atoms with Crippen LogP contribution in [0.25, 0.3) is 57.4 Å². The molecule has 0 saturated heterocycles. The van der Waals surface area contributed by atoms with Gasteiger partial charge in [0.05, 0.1) is 12.4 Å². The number of pyridine rings is 1. The molecule has 1 aromatic carbocycles. The first-order chi connectivity index (χ1) is 17.3. The first-order valence-electron chi connectivity index (χ1n) is 11.1. The number of benzene rings is 1. The van der Waals surface area contributed by atoms with Gasteiger partial charge >= 0.3 is 5.95 Å². The van der Waals surface area contributed by atoms with Gasteiger partial charge in [-0.2, -0.15) is 0 Å². The number of nitrogens with zero attached hydrogens (tertiary/aromatic N) is 2. The summed E-state index contributed by atoms with van der Waals surface area (Å²) in [6.07, 6.45) is 4.05. The Bertz CT molecular complexity index is 1630. The molecule has 3 nitrogen and oxygen atoms in total. The summed E-state index contributed by atoms with van der Waals surface area (Å²) in [5, 5.41) is 4.26. The van der Waals surface area contributed by atoms with Crippen LogP contribution in [0, 0.1) is 0 Å². The van der Waals surface area contributed by atoms with Gasteiger partial charge in [-0.1, -0.05) is 23.2 Å². The van der Waals surface area contributed by atoms with Crippen molar-refractivity contribution in [2.75, 3.05) is 0 Å². The number of aromatic nitrogens is 3. The predicted octanol–water partition coefficient (Wildman–Crippen LogP) is 8.75. The third-order valence-electron chi connectivity index (χ3n) is 5.86. The largest absolute Gasteiger partial charge is 0.401 e. The van der Waals surface area contributed by atoms with E-state index in [-0.39, 0.29) is 0 Å². The number of H-pyrrole nitrogens is 1. The van der Waals surface area contributed by atoms with Crippen molar-refractivity contribution in [3.8, 4) is 46.3 Å². The molecule has 7 heteroatoms. The van der Waals surface area contributed by atoms with Gasteiger partial charge in [0.2, 0.25) is 0 Å². The van der Waals surface area contributed by atoms with Crippen molar-refractivity contribution in [2.45, 2.75) is 0 Å². The summed E-state index contributed by atoms with van der Waals surface area (Å²) < 4.78 is 2.03. The standard InChI is InChI=1S/C28H18N3S4/c1-2-14-31(15-3-1)28-29-26-18(20-10-12-24(34-20)22-6-4-16-32-22)8-9-19(27(26)30-28)21-11-13-25(35-21)23-7-5-17-33-23/h1-17H,(H,29,30)/q+1. The highest BCUT2D eigenvalue weighted by Gasteiger charge is 2.23. The zero-order chi connectivity index (χ0) is 23.2. The molecule has 6 heterocycles. The van der Waals surface area contributed by atoms with Crippen LogP contribution < -0.4 is 4.57 Å². The molecule has 0 atom stereocenters. The Morgan fingerprint density at radius 1 is 0.571 bits per heavy atom. The maximum Gasteiger partial charge on any atom is 0.401 e. The van der Waals surface area contributed by atoms with Crippen molar-refractivity contribution < 1.29 is 4.57 Å². The average Bonchev–Trinajstić information content (AvgIpc) is 3.73. The van der Waals surface area contributed by atoms with E-state index in [2.05, 4.69) is 76.4 Å². The number of aromatic amines is 1. The Kier molecular flexibility index (Phi) is 5.21. The summed E-state index contributed by atoms with van der Waals surface area (Å²) in [5.41, 5.74) is 4.41. The van der Waals surface area contributed by atoms with Crippen molar-refractivity contribution in [3.63, 3.8) is 0 Å². The lowest BCUT2D eigenvalue weighted by atomic mass is 10.1. The van der Waals surface area contributed by atoms with E-state index in [0.29, 0.717) is 0 Å². The minimum absolute atomic E-state index is 0.819. The van der Waals surface area contributed by atoms with Gasteiger partial charge in [0.25, 0.3) is 0 Å². The first kappa shape index (κ1) is 21.0. The van der Waals surface area contributed by atoms with Gasteiger partial charge in [0.15, 0.2) is 11.0 Å². The number of imidazole rings is 1. The van der Waals surface area contributed by atoms with E-state index >= 15 is 0 Å². The molecule has 35 heavy (non-hydrogen) atoms. The topological polar surface area (TPSA) is 32.6 Å². The van der Waals surface area contributed by atoms with Crippen molar-refractivity contribution in [1.29, 1.82) is 0 Å². The van der Waals surface area contributed by atoms with Crippen LogP contribution in [0.15, 0.2) is 102 Å². The predicted molar refractivity (Wildman–Crippen MR) is 151 cm³/mol. The zero-order valence-electron chi connectivity index (χ0n) is 18.3. The lowest BCUT2D eigenvalue weighted by Gasteiger charge is -2.02. The van der Waals surface area contributed by atoms with Crippen molar-refractivity contribution in [1.82, 2.24) is 9.97 Å². The Morgan fingerprint density at radius 2 is 1.17 bits per heavy atom. The molecule has 0 aliphatic rings. The third-order valence-corrected chi connectivity index (χ3v) is 10.2.